The highest BCUT2D eigenvalue weighted by atomic mass is 16.2. The van der Waals surface area contributed by atoms with Crippen LogP contribution in [0.25, 0.3) is 0 Å². The molecule has 0 aromatic rings. The van der Waals surface area contributed by atoms with Gasteiger partial charge in [-0.2, -0.15) is 0 Å². The molecule has 2 unspecified atom stereocenters. The van der Waals surface area contributed by atoms with Crippen molar-refractivity contribution >= 4 is 5.91 Å². The maximum Gasteiger partial charge on any atom is 0.240 e. The number of hydrogen-bond donors (Lipinski definition) is 1. The summed E-state index contributed by atoms with van der Waals surface area (Å²) in [5.41, 5.74) is 5.53. The third-order valence-corrected chi connectivity index (χ3v) is 3.06. The number of nitrogens with two attached hydrogens (primary N) is 1. The molecule has 86 valence electrons. The maximum absolute atomic E-state index is 12.0. The van der Waals surface area contributed by atoms with Gasteiger partial charge in [0.15, 0.2) is 0 Å². The maximum atomic E-state index is 12.0. The Kier molecular flexibility index (Phi) is 4.29. The molecule has 15 heavy (non-hydrogen) atoms. The lowest BCUT2D eigenvalue weighted by molar-refractivity contribution is -0.143. The summed E-state index contributed by atoms with van der Waals surface area (Å²) in [5.74, 6) is 0.181. The normalized spacial score (nSPS) is 28.2. The molecule has 1 aliphatic rings. The minimum Gasteiger partial charge on any atom is -0.336 e. The largest absolute Gasteiger partial charge is 0.336 e. The van der Waals surface area contributed by atoms with Gasteiger partial charge in [-0.1, -0.05) is 6.08 Å². The smallest absolute Gasteiger partial charge is 0.240 e. The van der Waals surface area contributed by atoms with Crippen molar-refractivity contribution in [1.82, 2.24) is 9.80 Å². The molecular formula is C11H21N3O. The molecule has 2 atom stereocenters. The van der Waals surface area contributed by atoms with E-state index in [0.717, 1.165) is 13.0 Å². The standard InChI is InChI=1S/C11H21N3O/c1-4-7-14-8-9(2)13(3)10(5-6-12)11(14)15/h4,9-10H,1,5-8,12H2,2-3H3. The average molecular weight is 211 g/mol. The molecule has 0 bridgehead atoms. The van der Waals surface area contributed by atoms with Crippen LogP contribution in [0.1, 0.15) is 13.3 Å². The van der Waals surface area contributed by atoms with Crippen molar-refractivity contribution in [3.05, 3.63) is 12.7 Å². The molecule has 0 aromatic heterocycles. The summed E-state index contributed by atoms with van der Waals surface area (Å²) in [6.45, 7) is 7.77. The number of rotatable bonds is 4. The lowest BCUT2D eigenvalue weighted by atomic mass is 10.0. The fourth-order valence-electron chi connectivity index (χ4n) is 2.04. The van der Waals surface area contributed by atoms with E-state index in [0.29, 0.717) is 19.1 Å². The molecule has 4 heteroatoms. The van der Waals surface area contributed by atoms with Crippen LogP contribution < -0.4 is 5.73 Å². The molecule has 1 rings (SSSR count). The molecule has 2 N–H and O–H groups in total. The van der Waals surface area contributed by atoms with E-state index in [9.17, 15) is 4.79 Å². The van der Waals surface area contributed by atoms with Crippen LogP contribution in [0.2, 0.25) is 0 Å². The Balaban J connectivity index is 2.74. The molecule has 4 nitrogen and oxygen atoms in total. The Bertz CT molecular complexity index is 242. The molecule has 0 aliphatic carbocycles. The van der Waals surface area contributed by atoms with E-state index in [4.69, 9.17) is 5.73 Å². The minimum absolute atomic E-state index is 0.0568. The molecule has 1 aliphatic heterocycles. The van der Waals surface area contributed by atoms with Gasteiger partial charge in [-0.25, -0.2) is 0 Å². The third kappa shape index (κ3) is 2.58. The van der Waals surface area contributed by atoms with Gasteiger partial charge in [0.05, 0.1) is 6.04 Å². The monoisotopic (exact) mass is 211 g/mol. The molecule has 0 saturated carbocycles. The first kappa shape index (κ1) is 12.2. The fraction of sp³-hybridized carbons (Fsp3) is 0.727. The van der Waals surface area contributed by atoms with Crippen LogP contribution in [-0.2, 0) is 4.79 Å². The highest BCUT2D eigenvalue weighted by Crippen LogP contribution is 2.17. The zero-order chi connectivity index (χ0) is 11.4. The van der Waals surface area contributed by atoms with Crippen LogP contribution in [0.5, 0.6) is 0 Å². The summed E-state index contributed by atoms with van der Waals surface area (Å²) >= 11 is 0. The van der Waals surface area contributed by atoms with Crippen LogP contribution in [0.4, 0.5) is 0 Å². The Morgan fingerprint density at radius 2 is 2.33 bits per heavy atom. The Hall–Kier alpha value is -0.870. The fourth-order valence-corrected chi connectivity index (χ4v) is 2.04. The van der Waals surface area contributed by atoms with Crippen molar-refractivity contribution in [2.75, 3.05) is 26.7 Å². The number of hydrogen-bond acceptors (Lipinski definition) is 3. The van der Waals surface area contributed by atoms with Crippen molar-refractivity contribution in [3.8, 4) is 0 Å². The summed E-state index contributed by atoms with van der Waals surface area (Å²) in [6, 6.07) is 0.331. The Labute approximate surface area is 91.7 Å². The van der Waals surface area contributed by atoms with E-state index in [1.165, 1.54) is 0 Å². The third-order valence-electron chi connectivity index (χ3n) is 3.06. The first-order valence-electron chi connectivity index (χ1n) is 5.43. The number of nitrogens with zero attached hydrogens (tertiary/aromatic N) is 2. The van der Waals surface area contributed by atoms with Crippen molar-refractivity contribution < 1.29 is 4.79 Å². The lowest BCUT2D eigenvalue weighted by Gasteiger charge is -2.42. The second-order valence-electron chi connectivity index (χ2n) is 4.14. The molecule has 1 saturated heterocycles. The number of amides is 1. The molecule has 1 fully saturated rings. The van der Waals surface area contributed by atoms with E-state index in [2.05, 4.69) is 18.4 Å². The van der Waals surface area contributed by atoms with E-state index in [-0.39, 0.29) is 11.9 Å². The van der Waals surface area contributed by atoms with Gasteiger partial charge < -0.3 is 10.6 Å². The molecule has 1 heterocycles. The summed E-state index contributed by atoms with van der Waals surface area (Å²) in [6.07, 6.45) is 2.50. The molecule has 0 radical (unpaired) electrons. The second-order valence-corrected chi connectivity index (χ2v) is 4.14. The highest BCUT2D eigenvalue weighted by Gasteiger charge is 2.35. The van der Waals surface area contributed by atoms with E-state index < -0.39 is 0 Å². The Morgan fingerprint density at radius 1 is 1.67 bits per heavy atom. The van der Waals surface area contributed by atoms with E-state index in [1.807, 2.05) is 11.9 Å². The van der Waals surface area contributed by atoms with Gasteiger partial charge in [-0.15, -0.1) is 6.58 Å². The van der Waals surface area contributed by atoms with Crippen molar-refractivity contribution in [3.63, 3.8) is 0 Å². The average Bonchev–Trinajstić information content (AvgIpc) is 2.21. The molecular weight excluding hydrogens is 190 g/mol. The van der Waals surface area contributed by atoms with Gasteiger partial charge in [-0.3, -0.25) is 9.69 Å². The Morgan fingerprint density at radius 3 is 2.87 bits per heavy atom. The molecule has 1 amide bonds. The zero-order valence-electron chi connectivity index (χ0n) is 9.65. The highest BCUT2D eigenvalue weighted by molar-refractivity contribution is 5.83. The SMILES string of the molecule is C=CCN1CC(C)N(C)C(CCN)C1=O. The van der Waals surface area contributed by atoms with Crippen molar-refractivity contribution in [1.29, 1.82) is 0 Å². The topological polar surface area (TPSA) is 49.6 Å². The van der Waals surface area contributed by atoms with Crippen LogP contribution in [0.15, 0.2) is 12.7 Å². The summed E-state index contributed by atoms with van der Waals surface area (Å²) in [5, 5.41) is 0. The first-order chi connectivity index (χ1) is 7.11. The predicted octanol–water partition coefficient (Wildman–Crippen LogP) is 0.0523. The lowest BCUT2D eigenvalue weighted by Crippen LogP contribution is -2.59. The van der Waals surface area contributed by atoms with Gasteiger partial charge in [0.2, 0.25) is 5.91 Å². The van der Waals surface area contributed by atoms with Crippen molar-refractivity contribution in [2.45, 2.75) is 25.4 Å². The van der Waals surface area contributed by atoms with Crippen LogP contribution in [-0.4, -0.2) is 54.5 Å². The quantitative estimate of drug-likeness (QED) is 0.669. The van der Waals surface area contributed by atoms with Crippen molar-refractivity contribution in [2.24, 2.45) is 5.73 Å². The van der Waals surface area contributed by atoms with Gasteiger partial charge in [0.1, 0.15) is 0 Å². The van der Waals surface area contributed by atoms with Crippen LogP contribution in [0.3, 0.4) is 0 Å². The van der Waals surface area contributed by atoms with Gasteiger partial charge >= 0.3 is 0 Å². The molecule has 0 aromatic carbocycles. The summed E-state index contributed by atoms with van der Waals surface area (Å²) in [7, 11) is 1.99. The molecule has 0 spiro atoms. The number of piperazine rings is 1. The van der Waals surface area contributed by atoms with Gasteiger partial charge in [0.25, 0.3) is 0 Å². The number of carbonyl (C=O) groups excluding carboxylic acids is 1. The van der Waals surface area contributed by atoms with Gasteiger partial charge in [0, 0.05) is 19.1 Å². The number of carbonyl (C=O) groups is 1. The minimum atomic E-state index is -0.0568. The number of likely N-dealkylation sites (N-methyl/N-ethyl adjacent to an activating group) is 1. The summed E-state index contributed by atoms with van der Waals surface area (Å²) in [4.78, 5) is 16.0. The first-order valence-corrected chi connectivity index (χ1v) is 5.43. The van der Waals surface area contributed by atoms with Crippen LogP contribution >= 0.6 is 0 Å². The van der Waals surface area contributed by atoms with Crippen LogP contribution in [0, 0.1) is 0 Å². The van der Waals surface area contributed by atoms with Gasteiger partial charge in [-0.05, 0) is 26.9 Å². The summed E-state index contributed by atoms with van der Waals surface area (Å²) < 4.78 is 0. The van der Waals surface area contributed by atoms with E-state index in [1.54, 1.807) is 6.08 Å². The second kappa shape index (κ2) is 5.28. The van der Waals surface area contributed by atoms with E-state index >= 15 is 0 Å². The predicted molar refractivity (Wildman–Crippen MR) is 61.5 cm³/mol. The zero-order valence-corrected chi connectivity index (χ0v) is 9.65.